The highest BCUT2D eigenvalue weighted by Crippen LogP contribution is 2.40. The van der Waals surface area contributed by atoms with Crippen molar-refractivity contribution in [2.24, 2.45) is 0 Å². The highest BCUT2D eigenvalue weighted by molar-refractivity contribution is 5.66. The molecule has 0 heterocycles. The van der Waals surface area contributed by atoms with Crippen LogP contribution in [0, 0.1) is 0 Å². The van der Waals surface area contributed by atoms with Gasteiger partial charge in [-0.1, -0.05) is 32.9 Å². The number of nitrogens with one attached hydrogen (secondary N) is 1. The summed E-state index contributed by atoms with van der Waals surface area (Å²) in [5.74, 6) is 0. The normalized spacial score (nSPS) is 24.4. The van der Waals surface area contributed by atoms with Crippen molar-refractivity contribution in [3.8, 4) is 0 Å². The van der Waals surface area contributed by atoms with Crippen molar-refractivity contribution in [2.45, 2.75) is 51.5 Å². The lowest BCUT2D eigenvalue weighted by molar-refractivity contribution is 0.350. The van der Waals surface area contributed by atoms with Crippen molar-refractivity contribution in [1.29, 1.82) is 0 Å². The average Bonchev–Trinajstić information content (AvgIpc) is 2.74. The van der Waals surface area contributed by atoms with E-state index < -0.39 is 0 Å². The predicted molar refractivity (Wildman–Crippen MR) is 65.6 cm³/mol. The first-order valence-electron chi connectivity index (χ1n) is 5.97. The SMILES string of the molecule is C=C1C(=C)C(NC2(CC)CCCC2)=C1C. The highest BCUT2D eigenvalue weighted by atomic mass is 15.0. The summed E-state index contributed by atoms with van der Waals surface area (Å²) in [6.45, 7) is 12.5. The quantitative estimate of drug-likeness (QED) is 0.737. The zero-order chi connectivity index (χ0) is 11.1. The van der Waals surface area contributed by atoms with E-state index >= 15 is 0 Å². The maximum Gasteiger partial charge on any atom is 0.0453 e. The summed E-state index contributed by atoms with van der Waals surface area (Å²) < 4.78 is 0. The van der Waals surface area contributed by atoms with Gasteiger partial charge in [-0.25, -0.2) is 0 Å². The van der Waals surface area contributed by atoms with E-state index in [4.69, 9.17) is 0 Å². The van der Waals surface area contributed by atoms with Crippen LogP contribution < -0.4 is 5.32 Å². The Morgan fingerprint density at radius 1 is 1.20 bits per heavy atom. The monoisotopic (exact) mass is 203 g/mol. The molecule has 1 N–H and O–H groups in total. The molecule has 0 aliphatic heterocycles. The second kappa shape index (κ2) is 3.55. The van der Waals surface area contributed by atoms with Gasteiger partial charge in [0, 0.05) is 11.2 Å². The lowest BCUT2D eigenvalue weighted by atomic mass is 9.82. The van der Waals surface area contributed by atoms with Crippen LogP contribution in [0.25, 0.3) is 0 Å². The molecule has 1 heteroatoms. The number of allylic oxidation sites excluding steroid dienone is 2. The van der Waals surface area contributed by atoms with Gasteiger partial charge in [0.1, 0.15) is 0 Å². The van der Waals surface area contributed by atoms with Crippen molar-refractivity contribution in [2.75, 3.05) is 0 Å². The van der Waals surface area contributed by atoms with Crippen molar-refractivity contribution in [3.63, 3.8) is 0 Å². The Bertz CT molecular complexity index is 340. The summed E-state index contributed by atoms with van der Waals surface area (Å²) in [5, 5.41) is 3.73. The molecule has 0 saturated heterocycles. The van der Waals surface area contributed by atoms with Crippen molar-refractivity contribution < 1.29 is 0 Å². The first-order valence-corrected chi connectivity index (χ1v) is 5.97. The molecule has 2 rings (SSSR count). The molecule has 15 heavy (non-hydrogen) atoms. The van der Waals surface area contributed by atoms with Crippen molar-refractivity contribution in [3.05, 3.63) is 35.6 Å². The molecule has 0 amide bonds. The van der Waals surface area contributed by atoms with Crippen LogP contribution in [-0.2, 0) is 0 Å². The molecule has 0 bridgehead atoms. The van der Waals surface area contributed by atoms with Gasteiger partial charge < -0.3 is 5.32 Å². The van der Waals surface area contributed by atoms with Crippen LogP contribution in [0.3, 0.4) is 0 Å². The molecule has 0 aromatic heterocycles. The summed E-state index contributed by atoms with van der Waals surface area (Å²) in [6.07, 6.45) is 6.55. The third-order valence-electron chi connectivity index (χ3n) is 4.12. The third-order valence-corrected chi connectivity index (χ3v) is 4.12. The lowest BCUT2D eigenvalue weighted by Crippen LogP contribution is -2.44. The van der Waals surface area contributed by atoms with E-state index in [9.17, 15) is 0 Å². The Morgan fingerprint density at radius 2 is 1.80 bits per heavy atom. The Balaban J connectivity index is 2.15. The average molecular weight is 203 g/mol. The molecule has 82 valence electrons. The van der Waals surface area contributed by atoms with E-state index in [1.165, 1.54) is 43.4 Å². The van der Waals surface area contributed by atoms with Gasteiger partial charge in [0.15, 0.2) is 0 Å². The summed E-state index contributed by atoms with van der Waals surface area (Å²) in [5.41, 5.74) is 5.16. The van der Waals surface area contributed by atoms with E-state index in [2.05, 4.69) is 32.3 Å². The van der Waals surface area contributed by atoms with Gasteiger partial charge in [0.2, 0.25) is 0 Å². The molecule has 0 atom stereocenters. The van der Waals surface area contributed by atoms with Crippen LogP contribution in [-0.4, -0.2) is 5.54 Å². The number of hydrogen-bond donors (Lipinski definition) is 1. The van der Waals surface area contributed by atoms with Crippen molar-refractivity contribution >= 4 is 0 Å². The zero-order valence-corrected chi connectivity index (χ0v) is 9.95. The summed E-state index contributed by atoms with van der Waals surface area (Å²) in [6, 6.07) is 0. The zero-order valence-electron chi connectivity index (χ0n) is 9.95. The van der Waals surface area contributed by atoms with Gasteiger partial charge in [-0.15, -0.1) is 0 Å². The molecule has 1 fully saturated rings. The number of hydrogen-bond acceptors (Lipinski definition) is 1. The van der Waals surface area contributed by atoms with E-state index in [0.717, 1.165) is 11.1 Å². The first-order chi connectivity index (χ1) is 7.09. The fraction of sp³-hybridized carbons (Fsp3) is 0.571. The molecular weight excluding hydrogens is 182 g/mol. The Kier molecular flexibility index (Phi) is 2.49. The second-order valence-corrected chi connectivity index (χ2v) is 4.92. The summed E-state index contributed by atoms with van der Waals surface area (Å²) >= 11 is 0. The van der Waals surface area contributed by atoms with Gasteiger partial charge in [0.05, 0.1) is 0 Å². The molecule has 2 aliphatic carbocycles. The fourth-order valence-electron chi connectivity index (χ4n) is 2.75. The molecule has 0 aromatic carbocycles. The molecule has 1 nitrogen and oxygen atoms in total. The maximum atomic E-state index is 4.06. The van der Waals surface area contributed by atoms with Crippen LogP contribution in [0.2, 0.25) is 0 Å². The fourth-order valence-corrected chi connectivity index (χ4v) is 2.75. The summed E-state index contributed by atoms with van der Waals surface area (Å²) in [7, 11) is 0. The largest absolute Gasteiger partial charge is 0.379 e. The van der Waals surface area contributed by atoms with Crippen LogP contribution in [0.4, 0.5) is 0 Å². The van der Waals surface area contributed by atoms with Gasteiger partial charge in [-0.2, -0.15) is 0 Å². The molecule has 1 saturated carbocycles. The molecular formula is C14H21N. The minimum absolute atomic E-state index is 0.347. The van der Waals surface area contributed by atoms with Crippen LogP contribution >= 0.6 is 0 Å². The van der Waals surface area contributed by atoms with E-state index in [-0.39, 0.29) is 0 Å². The van der Waals surface area contributed by atoms with Gasteiger partial charge in [-0.3, -0.25) is 0 Å². The van der Waals surface area contributed by atoms with Crippen LogP contribution in [0.5, 0.6) is 0 Å². The van der Waals surface area contributed by atoms with Crippen LogP contribution in [0.1, 0.15) is 46.0 Å². The topological polar surface area (TPSA) is 12.0 Å². The summed E-state index contributed by atoms with van der Waals surface area (Å²) in [4.78, 5) is 0. The standard InChI is InChI=1S/C14H21N/c1-5-14(8-6-7-9-14)15-13-11(3)10(2)12(13)4/h15H,2-3,5-9H2,1,4H3. The maximum absolute atomic E-state index is 4.06. The first kappa shape index (κ1) is 10.5. The predicted octanol–water partition coefficient (Wildman–Crippen LogP) is 3.70. The molecule has 0 spiro atoms. The molecule has 0 unspecified atom stereocenters. The number of rotatable bonds is 3. The highest BCUT2D eigenvalue weighted by Gasteiger charge is 2.35. The van der Waals surface area contributed by atoms with Gasteiger partial charge in [-0.05, 0) is 42.9 Å². The van der Waals surface area contributed by atoms with E-state index in [0.29, 0.717) is 5.54 Å². The van der Waals surface area contributed by atoms with E-state index in [1.54, 1.807) is 0 Å². The Morgan fingerprint density at radius 3 is 2.27 bits per heavy atom. The lowest BCUT2D eigenvalue weighted by Gasteiger charge is -2.38. The van der Waals surface area contributed by atoms with Gasteiger partial charge >= 0.3 is 0 Å². The molecule has 2 aliphatic rings. The minimum atomic E-state index is 0.347. The second-order valence-electron chi connectivity index (χ2n) is 4.92. The Hall–Kier alpha value is -0.980. The molecule has 0 aromatic rings. The van der Waals surface area contributed by atoms with E-state index in [1.807, 2.05) is 0 Å². The molecule has 0 radical (unpaired) electrons. The third kappa shape index (κ3) is 1.54. The Labute approximate surface area is 93.0 Å². The van der Waals surface area contributed by atoms with Gasteiger partial charge in [0.25, 0.3) is 0 Å². The minimum Gasteiger partial charge on any atom is -0.379 e. The van der Waals surface area contributed by atoms with Crippen LogP contribution in [0.15, 0.2) is 35.6 Å². The van der Waals surface area contributed by atoms with Crippen molar-refractivity contribution in [1.82, 2.24) is 5.32 Å². The smallest absolute Gasteiger partial charge is 0.0453 e.